The summed E-state index contributed by atoms with van der Waals surface area (Å²) in [4.78, 5) is 10.7. The Morgan fingerprint density at radius 3 is 2.13 bits per heavy atom. The average molecular weight is 261 g/mol. The highest BCUT2D eigenvalue weighted by Gasteiger charge is 2.30. The lowest BCUT2D eigenvalue weighted by Gasteiger charge is -2.05. The third-order valence-corrected chi connectivity index (χ3v) is 1.66. The molecule has 1 rings (SSSR count). The van der Waals surface area contributed by atoms with Crippen LogP contribution in [0.15, 0.2) is 24.3 Å². The van der Waals surface area contributed by atoms with Crippen molar-refractivity contribution in [3.63, 3.8) is 0 Å². The maximum Gasteiger partial charge on any atom is 0.416 e. The summed E-state index contributed by atoms with van der Waals surface area (Å²) in [5.74, 6) is -0.889. The number of alkyl halides is 3. The first-order valence-corrected chi connectivity index (χ1v) is 3.76. The van der Waals surface area contributed by atoms with Crippen molar-refractivity contribution in [3.05, 3.63) is 35.4 Å². The number of benzene rings is 1. The molecule has 7 heteroatoms. The molecule has 0 unspecified atom stereocenters. The average Bonchev–Trinajstić information content (AvgIpc) is 2.30. The number of halogens is 4. The number of carbonyl (C=O) groups excluding carboxylic acids is 1. The summed E-state index contributed by atoms with van der Waals surface area (Å²) in [6.45, 7) is 0. The van der Waals surface area contributed by atoms with E-state index >= 15 is 0 Å². The van der Waals surface area contributed by atoms with E-state index in [0.29, 0.717) is 0 Å². The molecule has 15 heavy (non-hydrogen) atoms. The molecule has 0 saturated carbocycles. The van der Waals surface area contributed by atoms with Crippen LogP contribution in [0.2, 0.25) is 0 Å². The van der Waals surface area contributed by atoms with Gasteiger partial charge in [0.1, 0.15) is 11.9 Å². The van der Waals surface area contributed by atoms with Gasteiger partial charge in [0.05, 0.1) is 12.3 Å². The second-order valence-electron chi connectivity index (χ2n) is 2.44. The largest absolute Gasteiger partial charge is 0.416 e. The summed E-state index contributed by atoms with van der Waals surface area (Å²) < 4.78 is 45.4. The maximum absolute atomic E-state index is 12.1. The minimum Gasteiger partial charge on any atom is -0.343 e. The number of rotatable bonds is 1. The van der Waals surface area contributed by atoms with Crippen molar-refractivity contribution >= 4 is 31.2 Å². The van der Waals surface area contributed by atoms with Crippen LogP contribution >= 0.6 is 25.3 Å². The van der Waals surface area contributed by atoms with E-state index in [1.807, 2.05) is 0 Å². The molecule has 0 fully saturated rings. The van der Waals surface area contributed by atoms with Gasteiger partial charge in [0.15, 0.2) is 0 Å². The van der Waals surface area contributed by atoms with Gasteiger partial charge < -0.3 is 4.29 Å². The molecule has 2 nitrogen and oxygen atoms in total. The van der Waals surface area contributed by atoms with Gasteiger partial charge in [-0.1, -0.05) is 0 Å². The number of carbonyl (C=O) groups is 1. The molecule has 84 valence electrons. The van der Waals surface area contributed by atoms with Crippen LogP contribution in [0.5, 0.6) is 0 Å². The Morgan fingerprint density at radius 2 is 1.80 bits per heavy atom. The summed E-state index contributed by atoms with van der Waals surface area (Å²) in [6, 6.07) is 3.55. The molecule has 0 saturated heterocycles. The van der Waals surface area contributed by atoms with Crippen molar-refractivity contribution in [1.82, 2.24) is 0 Å². The van der Waals surface area contributed by atoms with Gasteiger partial charge in [-0.2, -0.15) is 26.6 Å². The first-order valence-electron chi connectivity index (χ1n) is 3.90. The van der Waals surface area contributed by atoms with Gasteiger partial charge >= 0.3 is 12.1 Å². The van der Waals surface area contributed by atoms with Crippen molar-refractivity contribution in [1.29, 1.82) is 1.12 Å². The molecule has 1 aromatic rings. The molecule has 0 aromatic heterocycles. The van der Waals surface area contributed by atoms with Crippen molar-refractivity contribution in [3.8, 4) is 0 Å². The van der Waals surface area contributed by atoms with Crippen LogP contribution in [0.25, 0.3) is 0 Å². The first-order chi connectivity index (χ1) is 7.45. The van der Waals surface area contributed by atoms with Crippen LogP contribution in [-0.4, -0.2) is 7.09 Å². The van der Waals surface area contributed by atoms with Crippen molar-refractivity contribution in [2.45, 2.75) is 6.18 Å². The van der Waals surface area contributed by atoms with E-state index in [9.17, 15) is 18.0 Å². The van der Waals surface area contributed by atoms with Gasteiger partial charge in [0.2, 0.25) is 0 Å². The van der Waals surface area contributed by atoms with Crippen LogP contribution in [-0.2, 0) is 10.5 Å². The minimum atomic E-state index is -4.41. The fraction of sp³-hybridized carbons (Fsp3) is 0.125. The van der Waals surface area contributed by atoms with Crippen LogP contribution in [0.1, 0.15) is 15.9 Å². The Kier molecular flexibility index (Phi) is 4.28. The highest BCUT2D eigenvalue weighted by molar-refractivity contribution is 7.59. The molecule has 0 heterocycles. The van der Waals surface area contributed by atoms with Gasteiger partial charge in [0.25, 0.3) is 0 Å². The molecule has 0 bridgehead atoms. The van der Waals surface area contributed by atoms with E-state index in [4.69, 9.17) is 13.0 Å². The van der Waals surface area contributed by atoms with Gasteiger partial charge in [0, 0.05) is 0 Å². The molecule has 0 amide bonds. The third-order valence-electron chi connectivity index (χ3n) is 1.52. The lowest BCUT2D eigenvalue weighted by molar-refractivity contribution is -0.137. The molecule has 0 aliphatic carbocycles. The van der Waals surface area contributed by atoms with Crippen LogP contribution in [0.3, 0.4) is 0 Å². The Bertz CT molecular complexity index is 342. The van der Waals surface area contributed by atoms with E-state index in [0.717, 1.165) is 24.3 Å². The quantitative estimate of drug-likeness (QED) is 0.775. The zero-order valence-electron chi connectivity index (χ0n) is 8.08. The van der Waals surface area contributed by atoms with E-state index < -0.39 is 17.7 Å². The maximum atomic E-state index is 12.1. The van der Waals surface area contributed by atoms with Crippen molar-refractivity contribution in [2.75, 3.05) is 0 Å². The standard InChI is InChI=1S/C8H4ClF3O2.H2S/c9-14-7(13)5-1-3-6(4-2-5)8(10,11)12;/h1-4H;1H2/i/hT. The Hall–Kier alpha value is -0.880. The lowest BCUT2D eigenvalue weighted by Crippen LogP contribution is -2.05. The third kappa shape index (κ3) is 3.64. The summed E-state index contributed by atoms with van der Waals surface area (Å²) in [5.41, 5.74) is -0.864. The van der Waals surface area contributed by atoms with Gasteiger partial charge in [-0.3, -0.25) is 0 Å². The molecule has 0 aliphatic heterocycles. The van der Waals surface area contributed by atoms with E-state index in [-0.39, 0.29) is 5.56 Å². The SMILES string of the molecule is O=C(OCl)c1ccc(C(F)(F)F)cc1.[3H]S. The zero-order chi connectivity index (χ0) is 12.8. The predicted molar refractivity (Wildman–Crippen MR) is 53.1 cm³/mol. The summed E-state index contributed by atoms with van der Waals surface area (Å²) in [5, 5.41) is 0. The summed E-state index contributed by atoms with van der Waals surface area (Å²) >= 11 is 7.52. The normalized spacial score (nSPS) is 10.9. The molecule has 0 atom stereocenters. The molecule has 0 spiro atoms. The number of hydrogen-bond donors (Lipinski definition) is 0. The van der Waals surface area contributed by atoms with E-state index in [1.54, 1.807) is 0 Å². The second kappa shape index (κ2) is 5.27. The molecule has 0 aliphatic rings. The predicted octanol–water partition coefficient (Wildman–Crippen LogP) is 3.13. The van der Waals surface area contributed by atoms with Crippen LogP contribution in [0.4, 0.5) is 13.2 Å². The highest BCUT2D eigenvalue weighted by atomic mass is 35.5. The summed E-state index contributed by atoms with van der Waals surface area (Å²) in [7, 11) is 0. The fourth-order valence-corrected chi connectivity index (χ4v) is 0.929. The zero-order valence-corrected chi connectivity index (χ0v) is 8.74. The molecule has 0 N–H and O–H groups in total. The Morgan fingerprint density at radius 1 is 1.33 bits per heavy atom. The van der Waals surface area contributed by atoms with Crippen LogP contribution in [0, 0.1) is 0 Å². The number of hydrogen-bond acceptors (Lipinski definition) is 2. The van der Waals surface area contributed by atoms with Gasteiger partial charge in [-0.05, 0) is 24.3 Å². The van der Waals surface area contributed by atoms with Gasteiger partial charge in [-0.15, -0.1) is 0 Å². The fourth-order valence-electron chi connectivity index (χ4n) is 0.840. The Balaban J connectivity index is 0.00000106. The van der Waals surface area contributed by atoms with E-state index in [1.165, 1.54) is 0 Å². The van der Waals surface area contributed by atoms with E-state index in [2.05, 4.69) is 17.7 Å². The summed E-state index contributed by atoms with van der Waals surface area (Å²) in [6.07, 6.45) is -4.41. The smallest absolute Gasteiger partial charge is 0.343 e. The van der Waals surface area contributed by atoms with Gasteiger partial charge in [-0.25, -0.2) is 4.79 Å². The molecular weight excluding hydrogens is 253 g/mol. The highest BCUT2D eigenvalue weighted by Crippen LogP contribution is 2.29. The van der Waals surface area contributed by atoms with Crippen LogP contribution < -0.4 is 0 Å². The monoisotopic (exact) mass is 260 g/mol. The molecular formula is C8H6ClF3O2S. The molecule has 1 aromatic carbocycles. The first kappa shape index (κ1) is 12.2. The lowest BCUT2D eigenvalue weighted by atomic mass is 10.1. The molecule has 0 radical (unpaired) electrons. The van der Waals surface area contributed by atoms with Crippen molar-refractivity contribution in [2.24, 2.45) is 0 Å². The minimum absolute atomic E-state index is 0.0343. The Labute approximate surface area is 96.7 Å². The van der Waals surface area contributed by atoms with Crippen molar-refractivity contribution < 1.29 is 22.3 Å². The topological polar surface area (TPSA) is 26.3 Å². The second-order valence-corrected chi connectivity index (χ2v) is 2.59.